The minimum absolute atomic E-state index is 0.0415. The number of hydrogen-bond acceptors (Lipinski definition) is 20. The van der Waals surface area contributed by atoms with E-state index in [1.807, 2.05) is 0 Å². The fraction of sp³-hybridized carbons (Fsp3) is 0.550. The number of nitrogens with two attached hydrogens (primary N) is 2. The van der Waals surface area contributed by atoms with Gasteiger partial charge in [0, 0.05) is 0 Å². The molecule has 4 aliphatic heterocycles. The highest BCUT2D eigenvalue weighted by molar-refractivity contribution is 7.54. The summed E-state index contributed by atoms with van der Waals surface area (Å²) in [5.41, 5.74) is 11.9. The van der Waals surface area contributed by atoms with E-state index >= 15 is 0 Å². The third-order valence-electron chi connectivity index (χ3n) is 7.48. The first-order valence-corrected chi connectivity index (χ1v) is 16.2. The van der Waals surface area contributed by atoms with Crippen LogP contribution in [0.5, 0.6) is 0 Å². The number of nitrogen functional groups attached to an aromatic ring is 1. The minimum Gasteiger partial charge on any atom is -0.387 e. The number of fused-ring (bicyclic) bond motifs is 6. The molecule has 7 rings (SSSR count). The number of carbonyl (C=O) groups excluding carboxylic acids is 1. The van der Waals surface area contributed by atoms with Gasteiger partial charge in [-0.25, -0.2) is 19.9 Å². The topological polar surface area (TPSA) is 331 Å². The Hall–Kier alpha value is -2.83. The number of aromatic nitrogens is 6. The van der Waals surface area contributed by atoms with Crippen molar-refractivity contribution in [2.45, 2.75) is 55.4 Å². The smallest absolute Gasteiger partial charge is 0.387 e. The second kappa shape index (κ2) is 11.2. The van der Waals surface area contributed by atoms with Gasteiger partial charge < -0.3 is 36.1 Å². The fourth-order valence-corrected chi connectivity index (χ4v) is 7.31. The van der Waals surface area contributed by atoms with Crippen molar-refractivity contribution < 1.29 is 62.1 Å². The molecule has 7 heterocycles. The molecule has 23 nitrogen and oxygen atoms in total. The van der Waals surface area contributed by atoms with E-state index < -0.39 is 90.8 Å². The summed E-state index contributed by atoms with van der Waals surface area (Å²) in [6.07, 6.45) is -9.51. The van der Waals surface area contributed by atoms with E-state index in [9.17, 15) is 34.6 Å². The molecule has 25 heteroatoms. The van der Waals surface area contributed by atoms with Crippen molar-refractivity contribution >= 4 is 45.0 Å². The van der Waals surface area contributed by atoms with Gasteiger partial charge in [-0.05, 0) is 0 Å². The summed E-state index contributed by atoms with van der Waals surface area (Å²) in [5.74, 6) is -0.511. The quantitative estimate of drug-likeness (QED) is 0.117. The molecule has 4 aliphatic rings. The maximum atomic E-state index is 12.3. The summed E-state index contributed by atoms with van der Waals surface area (Å²) >= 11 is 0. The standard InChI is InChI=1S/C20H27N10O13P2/c21-14-8-15(24-3-23-14)29(4-25-8)18-12-10(31)6(40-18)1-38-45(36,37)43-13-11(32)7(2-39-44(34,35)42-12)41-19(13)30-5-26-9-16(30)27-20(22)28-17(9)33/h3-7,10-13,18-20,31-32,34-37H,1-2,22H2,(H3-,21,23,24,27,28,33)/q+1/p+1/t6-,7-,10-,11-,12-,13-,18-,19-,20?/m1/s1. The van der Waals surface area contributed by atoms with Crippen LogP contribution < -0.4 is 22.1 Å². The Morgan fingerprint density at radius 3 is 2.04 bits per heavy atom. The SMILES string of the molecule is Nc1ncnc2c1ncn2[C@@H]1O[C@@H]2CO[P+](O)(O)O[C@@H]3[C@H](O)[C@@H](CO[P+](O)(O)O[C@@H]1[C@@H]2O)O[C@H]3n1cnc2c1NC(N)NC2=O. The highest BCUT2D eigenvalue weighted by Crippen LogP contribution is 2.60. The van der Waals surface area contributed by atoms with Gasteiger partial charge >= 0.3 is 16.3 Å². The number of imidazole rings is 2. The molecule has 0 aliphatic carbocycles. The van der Waals surface area contributed by atoms with Gasteiger partial charge in [0.25, 0.3) is 5.91 Å². The lowest BCUT2D eigenvalue weighted by Crippen LogP contribution is -2.51. The molecule has 0 spiro atoms. The van der Waals surface area contributed by atoms with Crippen LogP contribution in [0.3, 0.4) is 0 Å². The van der Waals surface area contributed by atoms with Crippen LogP contribution in [0.25, 0.3) is 11.2 Å². The summed E-state index contributed by atoms with van der Waals surface area (Å²) < 4.78 is 35.7. The van der Waals surface area contributed by atoms with E-state index in [1.54, 1.807) is 0 Å². The number of aliphatic hydroxyl groups excluding tert-OH is 2. The van der Waals surface area contributed by atoms with Crippen LogP contribution in [0.1, 0.15) is 22.9 Å². The van der Waals surface area contributed by atoms with Gasteiger partial charge in [-0.3, -0.25) is 19.7 Å². The lowest BCUT2D eigenvalue weighted by Gasteiger charge is -2.27. The minimum atomic E-state index is -4.82. The Bertz CT molecular complexity index is 1610. The first kappa shape index (κ1) is 30.8. The predicted octanol–water partition coefficient (Wildman–Crippen LogP) is -3.64. The molecule has 1 unspecified atom stereocenters. The molecule has 244 valence electrons. The van der Waals surface area contributed by atoms with Gasteiger partial charge in [0.15, 0.2) is 48.1 Å². The van der Waals surface area contributed by atoms with Gasteiger partial charge in [-0.1, -0.05) is 0 Å². The first-order chi connectivity index (χ1) is 21.3. The van der Waals surface area contributed by atoms with Crippen LogP contribution in [0.2, 0.25) is 0 Å². The van der Waals surface area contributed by atoms with Crippen LogP contribution in [0.15, 0.2) is 19.0 Å². The number of carbonyl (C=O) groups is 1. The van der Waals surface area contributed by atoms with Crippen molar-refractivity contribution in [1.82, 2.24) is 34.4 Å². The average molecular weight is 678 g/mol. The number of ether oxygens (including phenoxy) is 2. The molecule has 3 aromatic heterocycles. The van der Waals surface area contributed by atoms with E-state index in [0.717, 1.165) is 12.7 Å². The van der Waals surface area contributed by atoms with Crippen LogP contribution in [0, 0.1) is 0 Å². The Morgan fingerprint density at radius 1 is 0.844 bits per heavy atom. The number of anilines is 2. The van der Waals surface area contributed by atoms with Crippen molar-refractivity contribution in [3.63, 3.8) is 0 Å². The lowest BCUT2D eigenvalue weighted by atomic mass is 10.1. The Morgan fingerprint density at radius 2 is 1.42 bits per heavy atom. The van der Waals surface area contributed by atoms with Crippen molar-refractivity contribution in [2.75, 3.05) is 24.3 Å². The van der Waals surface area contributed by atoms with E-state index in [0.29, 0.717) is 0 Å². The summed E-state index contributed by atoms with van der Waals surface area (Å²) in [7, 11) is -9.62. The molecule has 9 atom stereocenters. The molecule has 45 heavy (non-hydrogen) atoms. The van der Waals surface area contributed by atoms with Crippen molar-refractivity contribution in [1.29, 1.82) is 0 Å². The molecule has 0 radical (unpaired) electrons. The van der Waals surface area contributed by atoms with Gasteiger partial charge in [0.1, 0.15) is 55.3 Å². The van der Waals surface area contributed by atoms with Gasteiger partial charge in [-0.15, -0.1) is 9.05 Å². The summed E-state index contributed by atoms with van der Waals surface area (Å²) in [6, 6.07) is 0. The normalized spacial score (nSPS) is 36.2. The molecule has 4 bridgehead atoms. The second-order valence-corrected chi connectivity index (χ2v) is 13.3. The number of hydrogen-bond donors (Lipinski definition) is 10. The number of aliphatic hydroxyl groups is 2. The summed E-state index contributed by atoms with van der Waals surface area (Å²) in [4.78, 5) is 71.6. The zero-order valence-corrected chi connectivity index (χ0v) is 24.4. The highest BCUT2D eigenvalue weighted by atomic mass is 31.2. The molecule has 3 aromatic rings. The Balaban J connectivity index is 1.20. The molecule has 1 amide bonds. The third kappa shape index (κ3) is 5.50. The maximum absolute atomic E-state index is 12.3. The molecular weight excluding hydrogens is 650 g/mol. The average Bonchev–Trinajstić information content (AvgIpc) is 3.72. The summed E-state index contributed by atoms with van der Waals surface area (Å²) in [5, 5.41) is 27.4. The van der Waals surface area contributed by atoms with Crippen LogP contribution in [-0.4, -0.2) is 121 Å². The molecule has 0 aromatic carbocycles. The number of amides is 1. The van der Waals surface area contributed by atoms with E-state index in [1.165, 1.54) is 15.5 Å². The van der Waals surface area contributed by atoms with Crippen LogP contribution in [0.4, 0.5) is 11.6 Å². The van der Waals surface area contributed by atoms with Gasteiger partial charge in [0.05, 0.1) is 12.7 Å². The van der Waals surface area contributed by atoms with Crippen LogP contribution in [-0.2, 0) is 27.6 Å². The van der Waals surface area contributed by atoms with Crippen molar-refractivity contribution in [3.05, 3.63) is 24.7 Å². The first-order valence-electron chi connectivity index (χ1n) is 13.2. The second-order valence-electron chi connectivity index (χ2n) is 10.4. The third-order valence-corrected chi connectivity index (χ3v) is 9.49. The van der Waals surface area contributed by atoms with E-state index in [4.69, 9.17) is 39.0 Å². The van der Waals surface area contributed by atoms with E-state index in [2.05, 4.69) is 30.6 Å². The Kier molecular flexibility index (Phi) is 7.64. The molecule has 0 saturated carbocycles. The molecule has 3 saturated heterocycles. The largest absolute Gasteiger partial charge is 0.570 e. The zero-order valence-electron chi connectivity index (χ0n) is 22.6. The molecule has 12 N–H and O–H groups in total. The van der Waals surface area contributed by atoms with Crippen molar-refractivity contribution in [3.8, 4) is 0 Å². The maximum Gasteiger partial charge on any atom is 0.570 e. The molecular formula is C20H28N10O13P2+2. The van der Waals surface area contributed by atoms with Gasteiger partial charge in [0.2, 0.25) is 0 Å². The number of nitrogens with zero attached hydrogens (tertiary/aromatic N) is 6. The summed E-state index contributed by atoms with van der Waals surface area (Å²) in [6.45, 7) is -1.46. The predicted molar refractivity (Wildman–Crippen MR) is 145 cm³/mol. The number of nitrogens with one attached hydrogen (secondary N) is 2. The fourth-order valence-electron chi connectivity index (χ4n) is 5.42. The van der Waals surface area contributed by atoms with Crippen LogP contribution >= 0.6 is 16.3 Å². The van der Waals surface area contributed by atoms with Gasteiger partial charge in [-0.2, -0.15) is 28.6 Å². The monoisotopic (exact) mass is 678 g/mol. The highest BCUT2D eigenvalue weighted by Gasteiger charge is 2.60. The zero-order chi connectivity index (χ0) is 31.8. The number of rotatable bonds is 2. The van der Waals surface area contributed by atoms with E-state index in [-0.39, 0.29) is 28.5 Å². The molecule has 3 fully saturated rings. The van der Waals surface area contributed by atoms with Crippen molar-refractivity contribution in [2.24, 2.45) is 5.73 Å². The lowest BCUT2D eigenvalue weighted by molar-refractivity contribution is -0.0743. The Labute approximate surface area is 251 Å².